The summed E-state index contributed by atoms with van der Waals surface area (Å²) in [7, 11) is 0. The van der Waals surface area contributed by atoms with Gasteiger partial charge in [-0.05, 0) is 74.6 Å². The summed E-state index contributed by atoms with van der Waals surface area (Å²) in [5, 5.41) is 24.1. The fraction of sp³-hybridized carbons (Fsp3) is 0.581. The number of carbonyl (C=O) groups is 1. The number of hydrogen-bond acceptors (Lipinski definition) is 10. The molecule has 3 saturated heterocycles. The highest BCUT2D eigenvalue weighted by Crippen LogP contribution is 2.39. The Kier molecular flexibility index (Phi) is 8.20. The van der Waals surface area contributed by atoms with E-state index in [0.29, 0.717) is 31.0 Å². The quantitative estimate of drug-likeness (QED) is 0.524. The number of rotatable bonds is 7. The zero-order valence-corrected chi connectivity index (χ0v) is 23.7. The van der Waals surface area contributed by atoms with Gasteiger partial charge < -0.3 is 28.8 Å². The molecule has 1 N–H and O–H groups in total. The van der Waals surface area contributed by atoms with E-state index in [1.54, 1.807) is 23.4 Å². The van der Waals surface area contributed by atoms with Crippen molar-refractivity contribution in [3.8, 4) is 0 Å². The van der Waals surface area contributed by atoms with Crippen LogP contribution in [0.25, 0.3) is 0 Å². The minimum absolute atomic E-state index is 0.155. The van der Waals surface area contributed by atoms with Gasteiger partial charge >= 0.3 is 0 Å². The lowest BCUT2D eigenvalue weighted by molar-refractivity contribution is -0.223. The van der Waals surface area contributed by atoms with Crippen molar-refractivity contribution in [1.29, 1.82) is 0 Å². The molecule has 0 bridgehead atoms. The normalized spacial score (nSPS) is 32.9. The lowest BCUT2D eigenvalue weighted by Gasteiger charge is -2.31. The van der Waals surface area contributed by atoms with Crippen molar-refractivity contribution in [2.75, 3.05) is 26.4 Å². The SMILES string of the molecule is O=C(c1ccccc1)N1CC2=C3C(=CN([C@@H]4O[C@H](COC5CCCCO5)[C@@H](OC5CCCCO5)[C@@H]4O)N=C3C=N1)CC2. The minimum Gasteiger partial charge on any atom is -0.385 e. The molecule has 1 amide bonds. The molecule has 5 aliphatic heterocycles. The monoisotopic (exact) mass is 578 g/mol. The van der Waals surface area contributed by atoms with Crippen molar-refractivity contribution in [3.05, 3.63) is 58.8 Å². The van der Waals surface area contributed by atoms with Gasteiger partial charge in [0, 0.05) is 30.6 Å². The lowest BCUT2D eigenvalue weighted by atomic mass is 10.0. The first-order chi connectivity index (χ1) is 20.6. The largest absolute Gasteiger partial charge is 0.385 e. The van der Waals surface area contributed by atoms with Gasteiger partial charge in [-0.3, -0.25) is 4.79 Å². The molecule has 11 heteroatoms. The van der Waals surface area contributed by atoms with Crippen molar-refractivity contribution in [2.24, 2.45) is 10.2 Å². The van der Waals surface area contributed by atoms with Gasteiger partial charge in [-0.15, -0.1) is 0 Å². The summed E-state index contributed by atoms with van der Waals surface area (Å²) >= 11 is 0. The molecule has 6 aliphatic rings. The third-order valence-electron chi connectivity index (χ3n) is 8.65. The Morgan fingerprint density at radius 2 is 1.81 bits per heavy atom. The lowest BCUT2D eigenvalue weighted by Crippen LogP contribution is -2.44. The molecule has 3 fully saturated rings. The summed E-state index contributed by atoms with van der Waals surface area (Å²) in [6.45, 7) is 1.97. The van der Waals surface area contributed by atoms with Gasteiger partial charge in [0.15, 0.2) is 18.8 Å². The second-order valence-electron chi connectivity index (χ2n) is 11.6. The van der Waals surface area contributed by atoms with Crippen LogP contribution in [0.5, 0.6) is 0 Å². The molecule has 0 aromatic heterocycles. The Morgan fingerprint density at radius 3 is 2.57 bits per heavy atom. The first-order valence-corrected chi connectivity index (χ1v) is 15.2. The standard InChI is InChI=1S/C31H38N4O7/c36-28-29(42-26-11-5-7-15-39-26)24(19-40-25-10-4-6-14-38-25)41-31(28)35-18-22-13-12-21-17-34(32-16-23(33-35)27(21)22)30(37)20-8-2-1-3-9-20/h1-3,8-9,16,18,24-26,28-29,31,36H,4-7,10-15,17,19H2/t24-,25?,26?,28+,29-,31-/m1/s1. The van der Waals surface area contributed by atoms with Crippen LogP contribution in [-0.4, -0.2) is 96.4 Å². The summed E-state index contributed by atoms with van der Waals surface area (Å²) in [5.74, 6) is -0.155. The molecular weight excluding hydrogens is 540 g/mol. The molecule has 6 atom stereocenters. The van der Waals surface area contributed by atoms with E-state index >= 15 is 0 Å². The van der Waals surface area contributed by atoms with Crippen LogP contribution in [0.4, 0.5) is 0 Å². The van der Waals surface area contributed by atoms with Gasteiger partial charge in [0.2, 0.25) is 0 Å². The number of allylic oxidation sites excluding steroid dienone is 2. The van der Waals surface area contributed by atoms with Gasteiger partial charge in [-0.25, -0.2) is 10.0 Å². The van der Waals surface area contributed by atoms with Crippen LogP contribution in [0.2, 0.25) is 0 Å². The third-order valence-corrected chi connectivity index (χ3v) is 8.65. The highest BCUT2D eigenvalue weighted by molar-refractivity contribution is 6.40. The average Bonchev–Trinajstić information content (AvgIpc) is 3.52. The summed E-state index contributed by atoms with van der Waals surface area (Å²) in [4.78, 5) is 13.2. The number of nitrogens with zero attached hydrogens (tertiary/aromatic N) is 4. The maximum atomic E-state index is 13.2. The van der Waals surface area contributed by atoms with Gasteiger partial charge in [-0.1, -0.05) is 18.2 Å². The molecule has 11 nitrogen and oxygen atoms in total. The van der Waals surface area contributed by atoms with E-state index in [2.05, 4.69) is 5.10 Å². The molecule has 1 aliphatic carbocycles. The van der Waals surface area contributed by atoms with Crippen LogP contribution in [0.3, 0.4) is 0 Å². The molecule has 0 radical (unpaired) electrons. The van der Waals surface area contributed by atoms with Crippen LogP contribution in [0, 0.1) is 0 Å². The predicted molar refractivity (Wildman–Crippen MR) is 152 cm³/mol. The number of amides is 1. The van der Waals surface area contributed by atoms with Crippen LogP contribution < -0.4 is 0 Å². The number of ether oxygens (including phenoxy) is 5. The zero-order valence-electron chi connectivity index (χ0n) is 23.7. The molecular formula is C31H38N4O7. The molecule has 42 heavy (non-hydrogen) atoms. The van der Waals surface area contributed by atoms with Gasteiger partial charge in [0.1, 0.15) is 24.0 Å². The second-order valence-corrected chi connectivity index (χ2v) is 11.6. The Bertz CT molecular complexity index is 1270. The van der Waals surface area contributed by atoms with Crippen LogP contribution in [-0.2, 0) is 23.7 Å². The van der Waals surface area contributed by atoms with Crippen molar-refractivity contribution in [2.45, 2.75) is 88.5 Å². The van der Waals surface area contributed by atoms with E-state index in [9.17, 15) is 9.90 Å². The average molecular weight is 579 g/mol. The van der Waals surface area contributed by atoms with Crippen molar-refractivity contribution >= 4 is 17.8 Å². The molecule has 0 saturated carbocycles. The Labute approximate surface area is 245 Å². The maximum absolute atomic E-state index is 13.2. The Hall–Kier alpha value is -2.93. The van der Waals surface area contributed by atoms with E-state index < -0.39 is 30.8 Å². The van der Waals surface area contributed by atoms with Crippen LogP contribution in [0.1, 0.15) is 61.7 Å². The second kappa shape index (κ2) is 12.4. The minimum atomic E-state index is -0.997. The molecule has 224 valence electrons. The molecule has 1 aromatic carbocycles. The van der Waals surface area contributed by atoms with E-state index in [-0.39, 0.29) is 18.8 Å². The number of hydrogen-bond donors (Lipinski definition) is 1. The molecule has 1 aromatic rings. The van der Waals surface area contributed by atoms with Gasteiger partial charge in [0.25, 0.3) is 5.91 Å². The fourth-order valence-corrected chi connectivity index (χ4v) is 6.46. The molecule has 2 unspecified atom stereocenters. The highest BCUT2D eigenvalue weighted by Gasteiger charge is 2.49. The Balaban J connectivity index is 1.11. The first kappa shape index (κ1) is 27.9. The molecule has 7 rings (SSSR count). The number of benzene rings is 1. The summed E-state index contributed by atoms with van der Waals surface area (Å²) in [6.07, 6.45) is 7.29. The molecule has 5 heterocycles. The topological polar surface area (TPSA) is 115 Å². The molecule has 0 spiro atoms. The van der Waals surface area contributed by atoms with E-state index in [1.807, 2.05) is 24.4 Å². The van der Waals surface area contributed by atoms with E-state index in [1.165, 1.54) is 5.01 Å². The smallest absolute Gasteiger partial charge is 0.274 e. The van der Waals surface area contributed by atoms with E-state index in [0.717, 1.165) is 68.1 Å². The third kappa shape index (κ3) is 5.69. The van der Waals surface area contributed by atoms with Crippen LogP contribution >= 0.6 is 0 Å². The van der Waals surface area contributed by atoms with Gasteiger partial charge in [-0.2, -0.15) is 10.2 Å². The van der Waals surface area contributed by atoms with Crippen molar-refractivity contribution < 1.29 is 33.6 Å². The number of aliphatic hydroxyl groups excluding tert-OH is 1. The number of carbonyl (C=O) groups excluding carboxylic acids is 1. The van der Waals surface area contributed by atoms with Crippen molar-refractivity contribution in [1.82, 2.24) is 10.0 Å². The van der Waals surface area contributed by atoms with Gasteiger partial charge in [0.05, 0.1) is 19.4 Å². The first-order valence-electron chi connectivity index (χ1n) is 15.2. The summed E-state index contributed by atoms with van der Waals surface area (Å²) in [6, 6.07) is 9.17. The van der Waals surface area contributed by atoms with Crippen molar-refractivity contribution in [3.63, 3.8) is 0 Å². The van der Waals surface area contributed by atoms with E-state index in [4.69, 9.17) is 28.8 Å². The number of aliphatic hydroxyl groups is 1. The maximum Gasteiger partial charge on any atom is 0.274 e. The number of hydrazone groups is 2. The predicted octanol–water partition coefficient (Wildman–Crippen LogP) is 3.31. The summed E-state index contributed by atoms with van der Waals surface area (Å²) in [5.41, 5.74) is 4.49. The van der Waals surface area contributed by atoms with Crippen LogP contribution in [0.15, 0.2) is 63.5 Å². The highest BCUT2D eigenvalue weighted by atomic mass is 16.7. The fourth-order valence-electron chi connectivity index (χ4n) is 6.46. The Morgan fingerprint density at radius 1 is 1.02 bits per heavy atom. The zero-order chi connectivity index (χ0) is 28.5. The summed E-state index contributed by atoms with van der Waals surface area (Å²) < 4.78 is 30.4.